The minimum atomic E-state index is -0.145. The number of halogens is 1. The SMILES string of the molecule is CCOc1ccccc1-c1cnc(CNCCc2ccccc2F)s1. The van der Waals surface area contributed by atoms with Gasteiger partial charge in [-0.25, -0.2) is 9.37 Å². The molecule has 0 spiro atoms. The zero-order valence-electron chi connectivity index (χ0n) is 14.2. The highest BCUT2D eigenvalue weighted by atomic mass is 32.1. The fraction of sp³-hybridized carbons (Fsp3) is 0.250. The summed E-state index contributed by atoms with van der Waals surface area (Å²) in [5.74, 6) is 0.737. The van der Waals surface area contributed by atoms with Gasteiger partial charge in [0.25, 0.3) is 0 Å². The first-order valence-corrected chi connectivity index (χ1v) is 9.20. The van der Waals surface area contributed by atoms with Gasteiger partial charge in [0, 0.05) is 18.3 Å². The molecule has 0 bridgehead atoms. The quantitative estimate of drug-likeness (QED) is 0.595. The van der Waals surface area contributed by atoms with Crippen LogP contribution in [0.15, 0.2) is 54.7 Å². The largest absolute Gasteiger partial charge is 0.493 e. The Balaban J connectivity index is 1.56. The molecule has 0 fully saturated rings. The van der Waals surface area contributed by atoms with Gasteiger partial charge in [0.05, 0.1) is 11.5 Å². The second-order valence-corrected chi connectivity index (χ2v) is 6.68. The maximum atomic E-state index is 13.6. The van der Waals surface area contributed by atoms with Crippen LogP contribution in [-0.4, -0.2) is 18.1 Å². The van der Waals surface area contributed by atoms with Gasteiger partial charge < -0.3 is 10.1 Å². The molecule has 130 valence electrons. The maximum Gasteiger partial charge on any atom is 0.127 e. The summed E-state index contributed by atoms with van der Waals surface area (Å²) in [6.07, 6.45) is 2.55. The number of rotatable bonds is 8. The summed E-state index contributed by atoms with van der Waals surface area (Å²) in [6, 6.07) is 14.9. The van der Waals surface area contributed by atoms with Gasteiger partial charge >= 0.3 is 0 Å². The average molecular weight is 356 g/mol. The zero-order chi connectivity index (χ0) is 17.5. The number of hydrogen-bond acceptors (Lipinski definition) is 4. The molecule has 1 aromatic heterocycles. The van der Waals surface area contributed by atoms with E-state index < -0.39 is 0 Å². The van der Waals surface area contributed by atoms with E-state index in [0.29, 0.717) is 26.1 Å². The van der Waals surface area contributed by atoms with E-state index in [0.717, 1.165) is 26.8 Å². The van der Waals surface area contributed by atoms with E-state index in [1.54, 1.807) is 17.4 Å². The molecule has 0 aliphatic rings. The minimum Gasteiger partial charge on any atom is -0.493 e. The first-order valence-electron chi connectivity index (χ1n) is 8.39. The Hall–Kier alpha value is -2.24. The highest BCUT2D eigenvalue weighted by Crippen LogP contribution is 2.33. The predicted octanol–water partition coefficient (Wildman–Crippen LogP) is 4.68. The molecule has 0 radical (unpaired) electrons. The number of thiazole rings is 1. The van der Waals surface area contributed by atoms with Crippen LogP contribution in [0.3, 0.4) is 0 Å². The van der Waals surface area contributed by atoms with E-state index in [1.165, 1.54) is 6.07 Å². The van der Waals surface area contributed by atoms with E-state index in [-0.39, 0.29) is 5.82 Å². The fourth-order valence-electron chi connectivity index (χ4n) is 2.59. The first kappa shape index (κ1) is 17.6. The van der Waals surface area contributed by atoms with E-state index >= 15 is 0 Å². The standard InChI is InChI=1S/C20H21FN2OS/c1-2-24-18-10-6-4-8-16(18)19-13-23-20(25-19)14-22-12-11-15-7-3-5-9-17(15)21/h3-10,13,22H,2,11-12,14H2,1H3. The molecule has 3 rings (SSSR count). The Morgan fingerprint density at radius 1 is 1.12 bits per heavy atom. The van der Waals surface area contributed by atoms with Crippen LogP contribution < -0.4 is 10.1 Å². The van der Waals surface area contributed by atoms with Gasteiger partial charge in [0.2, 0.25) is 0 Å². The molecule has 3 nitrogen and oxygen atoms in total. The molecule has 0 aliphatic carbocycles. The monoisotopic (exact) mass is 356 g/mol. The highest BCUT2D eigenvalue weighted by Gasteiger charge is 2.09. The van der Waals surface area contributed by atoms with Crippen LogP contribution in [0.1, 0.15) is 17.5 Å². The molecule has 5 heteroatoms. The van der Waals surface area contributed by atoms with Crippen molar-refractivity contribution in [2.75, 3.05) is 13.2 Å². The van der Waals surface area contributed by atoms with Crippen molar-refractivity contribution in [2.45, 2.75) is 19.9 Å². The van der Waals surface area contributed by atoms with Gasteiger partial charge in [-0.2, -0.15) is 0 Å². The Morgan fingerprint density at radius 3 is 2.76 bits per heavy atom. The maximum absolute atomic E-state index is 13.6. The number of para-hydroxylation sites is 1. The van der Waals surface area contributed by atoms with Crippen LogP contribution in [-0.2, 0) is 13.0 Å². The van der Waals surface area contributed by atoms with Crippen molar-refractivity contribution < 1.29 is 9.13 Å². The Morgan fingerprint density at radius 2 is 1.92 bits per heavy atom. The van der Waals surface area contributed by atoms with E-state index in [2.05, 4.69) is 10.3 Å². The third-order valence-corrected chi connectivity index (χ3v) is 4.84. The van der Waals surface area contributed by atoms with Gasteiger partial charge in [-0.1, -0.05) is 30.3 Å². The van der Waals surface area contributed by atoms with Crippen LogP contribution in [0.5, 0.6) is 5.75 Å². The summed E-state index contributed by atoms with van der Waals surface area (Å²) in [4.78, 5) is 5.57. The third kappa shape index (κ3) is 4.65. The second-order valence-electron chi connectivity index (χ2n) is 5.57. The lowest BCUT2D eigenvalue weighted by Gasteiger charge is -2.07. The summed E-state index contributed by atoms with van der Waals surface area (Å²) >= 11 is 1.65. The molecule has 0 unspecified atom stereocenters. The van der Waals surface area contributed by atoms with Crippen LogP contribution in [0, 0.1) is 5.82 Å². The minimum absolute atomic E-state index is 0.145. The van der Waals surface area contributed by atoms with E-state index in [1.807, 2.05) is 49.5 Å². The summed E-state index contributed by atoms with van der Waals surface area (Å²) < 4.78 is 19.3. The number of aromatic nitrogens is 1. The summed E-state index contributed by atoms with van der Waals surface area (Å²) in [5, 5.41) is 4.34. The lowest BCUT2D eigenvalue weighted by molar-refractivity contribution is 0.341. The Kier molecular flexibility index (Phi) is 6.14. The predicted molar refractivity (Wildman–Crippen MR) is 101 cm³/mol. The van der Waals surface area contributed by atoms with Crippen LogP contribution in [0.2, 0.25) is 0 Å². The van der Waals surface area contributed by atoms with E-state index in [4.69, 9.17) is 4.74 Å². The number of benzene rings is 2. The van der Waals surface area contributed by atoms with Gasteiger partial charge in [-0.05, 0) is 43.7 Å². The molecule has 0 amide bonds. The third-order valence-electron chi connectivity index (χ3n) is 3.81. The molecule has 25 heavy (non-hydrogen) atoms. The van der Waals surface area contributed by atoms with Gasteiger partial charge in [0.15, 0.2) is 0 Å². The molecular formula is C20H21FN2OS. The molecule has 2 aromatic carbocycles. The average Bonchev–Trinajstić information content (AvgIpc) is 3.10. The number of ether oxygens (including phenoxy) is 1. The first-order chi connectivity index (χ1) is 12.3. The van der Waals surface area contributed by atoms with Gasteiger partial charge in [-0.15, -0.1) is 11.3 Å². The molecule has 1 heterocycles. The molecule has 0 atom stereocenters. The fourth-order valence-corrected chi connectivity index (χ4v) is 3.51. The number of nitrogens with zero attached hydrogens (tertiary/aromatic N) is 1. The van der Waals surface area contributed by atoms with Crippen molar-refractivity contribution in [1.82, 2.24) is 10.3 Å². The smallest absolute Gasteiger partial charge is 0.127 e. The van der Waals surface area contributed by atoms with Gasteiger partial charge in [0.1, 0.15) is 16.6 Å². The van der Waals surface area contributed by atoms with Crippen LogP contribution >= 0.6 is 11.3 Å². The van der Waals surface area contributed by atoms with Crippen LogP contribution in [0.25, 0.3) is 10.4 Å². The van der Waals surface area contributed by atoms with Crippen molar-refractivity contribution in [3.63, 3.8) is 0 Å². The molecule has 0 saturated carbocycles. The van der Waals surface area contributed by atoms with Crippen LogP contribution in [0.4, 0.5) is 4.39 Å². The molecule has 3 aromatic rings. The zero-order valence-corrected chi connectivity index (χ0v) is 15.0. The highest BCUT2D eigenvalue weighted by molar-refractivity contribution is 7.15. The summed E-state index contributed by atoms with van der Waals surface area (Å²) in [7, 11) is 0. The number of nitrogens with one attached hydrogen (secondary N) is 1. The second kappa shape index (κ2) is 8.74. The molecular weight excluding hydrogens is 335 g/mol. The molecule has 0 aliphatic heterocycles. The molecule has 1 N–H and O–H groups in total. The van der Waals surface area contributed by atoms with Crippen molar-refractivity contribution in [3.8, 4) is 16.2 Å². The lowest BCUT2D eigenvalue weighted by atomic mass is 10.1. The van der Waals surface area contributed by atoms with Crippen molar-refractivity contribution in [2.24, 2.45) is 0 Å². The van der Waals surface area contributed by atoms with Gasteiger partial charge in [-0.3, -0.25) is 0 Å². The lowest BCUT2D eigenvalue weighted by Crippen LogP contribution is -2.16. The normalized spacial score (nSPS) is 10.8. The van der Waals surface area contributed by atoms with Crippen molar-refractivity contribution in [3.05, 3.63) is 71.1 Å². The summed E-state index contributed by atoms with van der Waals surface area (Å²) in [5.41, 5.74) is 1.81. The van der Waals surface area contributed by atoms with Crippen molar-refractivity contribution >= 4 is 11.3 Å². The van der Waals surface area contributed by atoms with Crippen molar-refractivity contribution in [1.29, 1.82) is 0 Å². The topological polar surface area (TPSA) is 34.1 Å². The molecule has 0 saturated heterocycles. The summed E-state index contributed by atoms with van der Waals surface area (Å²) in [6.45, 7) is 4.01. The number of hydrogen-bond donors (Lipinski definition) is 1. The Labute approximate surface area is 151 Å². The van der Waals surface area contributed by atoms with E-state index in [9.17, 15) is 4.39 Å². The Bertz CT molecular complexity index is 819.